The molecule has 1 unspecified atom stereocenters. The van der Waals surface area contributed by atoms with Crippen LogP contribution in [0, 0.1) is 0 Å². The zero-order chi connectivity index (χ0) is 7.61. The minimum absolute atomic E-state index is 0.163. The Hall–Kier alpha value is -0.155. The molecule has 0 aromatic rings. The Morgan fingerprint density at radius 3 is 2.80 bits per heavy atom. The van der Waals surface area contributed by atoms with E-state index in [1.54, 1.807) is 0 Å². The van der Waals surface area contributed by atoms with Crippen LogP contribution >= 0.6 is 0 Å². The Kier molecular flexibility index (Phi) is 2.26. The Bertz CT molecular complexity index is 122. The molecule has 1 fully saturated rings. The van der Waals surface area contributed by atoms with Gasteiger partial charge in [0.25, 0.3) is 13.4 Å². The summed E-state index contributed by atoms with van der Waals surface area (Å²) in [5.74, 6) is -2.58. The molecule has 0 aromatic heterocycles. The number of rotatable bonds is 2. The molecule has 5 heteroatoms. The summed E-state index contributed by atoms with van der Waals surface area (Å²) in [5.41, 5.74) is 0. The minimum Gasteiger partial charge on any atom is -0.454 e. The second kappa shape index (κ2) is 2.84. The van der Waals surface area contributed by atoms with Crippen molar-refractivity contribution in [2.24, 2.45) is 0 Å². The van der Waals surface area contributed by atoms with Crippen LogP contribution in [-0.4, -0.2) is 31.0 Å². The first-order valence-electron chi connectivity index (χ1n) is 3.21. The molecule has 2 N–H and O–H groups in total. The van der Waals surface area contributed by atoms with Gasteiger partial charge in [0.1, 0.15) is 0 Å². The lowest BCUT2D eigenvalue weighted by molar-refractivity contribution is 0.0215. The first-order chi connectivity index (χ1) is 4.64. The monoisotopic (exact) mass is 148 g/mol. The topological polar surface area (TPSA) is 32.3 Å². The van der Waals surface area contributed by atoms with Crippen molar-refractivity contribution in [3.05, 3.63) is 0 Å². The van der Waals surface area contributed by atoms with Crippen LogP contribution in [0.15, 0.2) is 0 Å². The first kappa shape index (κ1) is 7.95. The average molecular weight is 148 g/mol. The van der Waals surface area contributed by atoms with Crippen LogP contribution in [0.1, 0.15) is 6.42 Å². The highest BCUT2D eigenvalue weighted by Crippen LogP contribution is 2.26. The number of hydrogen-bond donors (Lipinski definition) is 2. The number of halogens is 2. The first-order valence-corrected chi connectivity index (χ1v) is 3.21. The third kappa shape index (κ3) is 1.92. The van der Waals surface area contributed by atoms with E-state index < -0.39 is 5.92 Å². The van der Waals surface area contributed by atoms with Crippen molar-refractivity contribution in [3.63, 3.8) is 0 Å². The van der Waals surface area contributed by atoms with Gasteiger partial charge in [-0.05, 0) is 6.32 Å². The van der Waals surface area contributed by atoms with E-state index in [0.717, 1.165) is 7.48 Å². The molecular weight excluding hydrogens is 139 g/mol. The lowest BCUT2D eigenvalue weighted by atomic mass is 9.89. The van der Waals surface area contributed by atoms with Gasteiger partial charge >= 0.3 is 0 Å². The second-order valence-corrected chi connectivity index (χ2v) is 2.56. The largest absolute Gasteiger partial charge is 0.454 e. The molecular formula is C5H9BF2NO. The molecule has 1 atom stereocenters. The molecule has 10 heavy (non-hydrogen) atoms. The van der Waals surface area contributed by atoms with E-state index in [9.17, 15) is 8.78 Å². The zero-order valence-corrected chi connectivity index (χ0v) is 5.48. The fourth-order valence-corrected chi connectivity index (χ4v) is 1.09. The van der Waals surface area contributed by atoms with Crippen LogP contribution in [0.2, 0.25) is 6.32 Å². The standard InChI is InChI=1S/C5H9BF2NO/c7-5(8)1-4(2-6-10)9-3-5/h4,9-10H,1-3H2. The van der Waals surface area contributed by atoms with Crippen molar-refractivity contribution in [1.29, 1.82) is 0 Å². The molecule has 0 aromatic carbocycles. The van der Waals surface area contributed by atoms with E-state index in [1.807, 2.05) is 0 Å². The van der Waals surface area contributed by atoms with E-state index >= 15 is 0 Å². The van der Waals surface area contributed by atoms with Crippen molar-refractivity contribution in [3.8, 4) is 0 Å². The SMILES string of the molecule is O[B]CC1CC(F)(F)CN1. The van der Waals surface area contributed by atoms with Gasteiger partial charge in [-0.25, -0.2) is 8.78 Å². The van der Waals surface area contributed by atoms with E-state index in [4.69, 9.17) is 5.02 Å². The number of hydrogen-bond acceptors (Lipinski definition) is 2. The van der Waals surface area contributed by atoms with Crippen molar-refractivity contribution in [2.45, 2.75) is 24.7 Å². The zero-order valence-electron chi connectivity index (χ0n) is 5.48. The van der Waals surface area contributed by atoms with Crippen molar-refractivity contribution < 1.29 is 13.8 Å². The van der Waals surface area contributed by atoms with Gasteiger partial charge in [0.15, 0.2) is 0 Å². The molecule has 1 saturated heterocycles. The molecule has 57 valence electrons. The number of nitrogens with one attached hydrogen (secondary N) is 1. The molecule has 1 aliphatic heterocycles. The van der Waals surface area contributed by atoms with Crippen molar-refractivity contribution >= 4 is 7.48 Å². The van der Waals surface area contributed by atoms with Gasteiger partial charge in [0.05, 0.1) is 6.54 Å². The molecule has 0 spiro atoms. The van der Waals surface area contributed by atoms with Crippen molar-refractivity contribution in [1.82, 2.24) is 5.32 Å². The van der Waals surface area contributed by atoms with Gasteiger partial charge in [-0.2, -0.15) is 0 Å². The summed E-state index contributed by atoms with van der Waals surface area (Å²) in [5, 5.41) is 10.9. The smallest absolute Gasteiger partial charge is 0.288 e. The Morgan fingerprint density at radius 1 is 1.70 bits per heavy atom. The molecule has 1 aliphatic rings. The molecule has 0 saturated carbocycles. The van der Waals surface area contributed by atoms with Gasteiger partial charge in [-0.15, -0.1) is 0 Å². The van der Waals surface area contributed by atoms with Gasteiger partial charge in [-0.1, -0.05) is 0 Å². The minimum atomic E-state index is -2.58. The van der Waals surface area contributed by atoms with Crippen LogP contribution in [0.5, 0.6) is 0 Å². The molecule has 0 aliphatic carbocycles. The quantitative estimate of drug-likeness (QED) is 0.540. The summed E-state index contributed by atoms with van der Waals surface area (Å²) in [7, 11) is 0.916. The predicted octanol–water partition coefficient (Wildman–Crippen LogP) is 0.0134. The maximum absolute atomic E-state index is 12.4. The molecule has 0 bridgehead atoms. The lowest BCUT2D eigenvalue weighted by Gasteiger charge is -2.06. The van der Waals surface area contributed by atoms with E-state index in [0.29, 0.717) is 6.32 Å². The van der Waals surface area contributed by atoms with E-state index in [-0.39, 0.29) is 19.0 Å². The van der Waals surface area contributed by atoms with Crippen LogP contribution in [-0.2, 0) is 0 Å². The van der Waals surface area contributed by atoms with Gasteiger partial charge in [0.2, 0.25) is 0 Å². The van der Waals surface area contributed by atoms with E-state index in [1.165, 1.54) is 0 Å². The normalized spacial score (nSPS) is 30.5. The molecule has 1 radical (unpaired) electrons. The third-order valence-electron chi connectivity index (χ3n) is 1.58. The molecule has 1 rings (SSSR count). The van der Waals surface area contributed by atoms with Crippen LogP contribution in [0.4, 0.5) is 8.78 Å². The second-order valence-electron chi connectivity index (χ2n) is 2.56. The van der Waals surface area contributed by atoms with Crippen molar-refractivity contribution in [2.75, 3.05) is 6.54 Å². The fraction of sp³-hybridized carbons (Fsp3) is 1.00. The van der Waals surface area contributed by atoms with Gasteiger partial charge < -0.3 is 10.3 Å². The van der Waals surface area contributed by atoms with Gasteiger partial charge in [-0.3, -0.25) is 0 Å². The van der Waals surface area contributed by atoms with Crippen LogP contribution in [0.3, 0.4) is 0 Å². The molecule has 2 nitrogen and oxygen atoms in total. The highest BCUT2D eigenvalue weighted by Gasteiger charge is 2.38. The molecule has 1 heterocycles. The molecule has 0 amide bonds. The van der Waals surface area contributed by atoms with Crippen LogP contribution in [0.25, 0.3) is 0 Å². The maximum atomic E-state index is 12.4. The maximum Gasteiger partial charge on any atom is 0.288 e. The highest BCUT2D eigenvalue weighted by molar-refractivity contribution is 6.25. The summed E-state index contributed by atoms with van der Waals surface area (Å²) in [6.07, 6.45) is 0.139. The van der Waals surface area contributed by atoms with Gasteiger partial charge in [0, 0.05) is 12.5 Å². The third-order valence-corrected chi connectivity index (χ3v) is 1.58. The lowest BCUT2D eigenvalue weighted by Crippen LogP contribution is -2.23. The van der Waals surface area contributed by atoms with Crippen LogP contribution < -0.4 is 5.32 Å². The summed E-state index contributed by atoms with van der Waals surface area (Å²) in [6, 6.07) is -0.250. The predicted molar refractivity (Wildman–Crippen MR) is 34.1 cm³/mol. The summed E-state index contributed by atoms with van der Waals surface area (Å²) in [6.45, 7) is -0.258. The Balaban J connectivity index is 2.29. The summed E-state index contributed by atoms with van der Waals surface area (Å²) in [4.78, 5) is 0. The average Bonchev–Trinajstić information content (AvgIpc) is 2.12. The Morgan fingerprint density at radius 2 is 2.40 bits per heavy atom. The Labute approximate surface area is 58.9 Å². The van der Waals surface area contributed by atoms with E-state index in [2.05, 4.69) is 5.32 Å². The summed E-state index contributed by atoms with van der Waals surface area (Å²) < 4.78 is 24.7. The highest BCUT2D eigenvalue weighted by atomic mass is 19.3. The summed E-state index contributed by atoms with van der Waals surface area (Å²) >= 11 is 0. The fourth-order valence-electron chi connectivity index (χ4n) is 1.09. The number of alkyl halides is 2.